The third kappa shape index (κ3) is 3.04. The molecular formula is C30H28O5. The molecule has 2 aliphatic heterocycles. The van der Waals surface area contributed by atoms with Crippen LogP contribution in [0.1, 0.15) is 17.5 Å². The lowest BCUT2D eigenvalue weighted by atomic mass is 9.59. The summed E-state index contributed by atoms with van der Waals surface area (Å²) in [5.41, 5.74) is 4.44. The van der Waals surface area contributed by atoms with E-state index >= 15 is 0 Å². The van der Waals surface area contributed by atoms with Gasteiger partial charge in [-0.25, -0.2) is 0 Å². The molecule has 5 heteroatoms. The molecule has 2 aliphatic carbocycles. The van der Waals surface area contributed by atoms with Crippen LogP contribution in [-0.4, -0.2) is 40.1 Å². The first kappa shape index (κ1) is 21.8. The summed E-state index contributed by atoms with van der Waals surface area (Å²) in [5, 5.41) is 0. The van der Waals surface area contributed by atoms with Gasteiger partial charge in [-0.1, -0.05) is 30.4 Å². The number of benzene rings is 2. The van der Waals surface area contributed by atoms with Gasteiger partial charge in [0.05, 0.1) is 40.0 Å². The minimum absolute atomic E-state index is 0.243. The Bertz CT molecular complexity index is 1260. The number of fused-ring (bicyclic) bond motifs is 2. The Hall–Kier alpha value is -3.70. The van der Waals surface area contributed by atoms with Crippen LogP contribution < -0.4 is 18.9 Å². The van der Waals surface area contributed by atoms with Gasteiger partial charge in [-0.3, -0.25) is 0 Å². The van der Waals surface area contributed by atoms with E-state index in [4.69, 9.17) is 23.7 Å². The number of methoxy groups -OCH3 is 4. The quantitative estimate of drug-likeness (QED) is 0.527. The summed E-state index contributed by atoms with van der Waals surface area (Å²) in [5.74, 6) is 2.90. The Balaban J connectivity index is 1.70. The van der Waals surface area contributed by atoms with E-state index in [1.54, 1.807) is 28.4 Å². The highest BCUT2D eigenvalue weighted by Gasteiger charge is 2.63. The van der Waals surface area contributed by atoms with Crippen LogP contribution in [0, 0.1) is 0 Å². The van der Waals surface area contributed by atoms with E-state index < -0.39 is 11.0 Å². The first-order chi connectivity index (χ1) is 17.1. The van der Waals surface area contributed by atoms with Gasteiger partial charge in [0.15, 0.2) is 0 Å². The lowest BCUT2D eigenvalue weighted by Gasteiger charge is -2.41. The molecule has 35 heavy (non-hydrogen) atoms. The van der Waals surface area contributed by atoms with Crippen LogP contribution in [-0.2, 0) is 10.2 Å². The molecule has 2 aromatic rings. The Morgan fingerprint density at radius 1 is 0.800 bits per heavy atom. The van der Waals surface area contributed by atoms with Crippen LogP contribution in [0.25, 0.3) is 0 Å². The number of rotatable bonds is 6. The highest BCUT2D eigenvalue weighted by molar-refractivity contribution is 5.71. The molecular weight excluding hydrogens is 440 g/mol. The van der Waals surface area contributed by atoms with Crippen molar-refractivity contribution in [3.63, 3.8) is 0 Å². The smallest absolute Gasteiger partial charge is 0.129 e. The minimum atomic E-state index is -0.650. The fourth-order valence-electron chi connectivity index (χ4n) is 5.92. The second-order valence-electron chi connectivity index (χ2n) is 9.18. The molecule has 2 unspecified atom stereocenters. The van der Waals surface area contributed by atoms with Crippen LogP contribution in [0.5, 0.6) is 23.0 Å². The van der Waals surface area contributed by atoms with Gasteiger partial charge in [0.25, 0.3) is 0 Å². The summed E-state index contributed by atoms with van der Waals surface area (Å²) in [6.07, 6.45) is 16.1. The zero-order chi connectivity index (χ0) is 24.2. The maximum atomic E-state index is 6.86. The highest BCUT2D eigenvalue weighted by Crippen LogP contribution is 2.62. The van der Waals surface area contributed by atoms with Crippen molar-refractivity contribution in [3.8, 4) is 23.0 Å². The first-order valence-corrected chi connectivity index (χ1v) is 11.7. The zero-order valence-electron chi connectivity index (χ0n) is 20.3. The Morgan fingerprint density at radius 2 is 1.37 bits per heavy atom. The summed E-state index contributed by atoms with van der Waals surface area (Å²) in [4.78, 5) is 0. The monoisotopic (exact) mass is 468 g/mol. The summed E-state index contributed by atoms with van der Waals surface area (Å²) in [6, 6.07) is 12.1. The van der Waals surface area contributed by atoms with Crippen molar-refractivity contribution < 1.29 is 23.7 Å². The molecule has 1 fully saturated rings. The van der Waals surface area contributed by atoms with Gasteiger partial charge in [-0.15, -0.1) is 0 Å². The molecule has 2 aromatic carbocycles. The third-order valence-electron chi connectivity index (χ3n) is 7.54. The van der Waals surface area contributed by atoms with E-state index in [1.165, 1.54) is 11.1 Å². The molecule has 2 atom stereocenters. The molecule has 4 aliphatic rings. The SMILES string of the molecule is COc1cc(OC)cc(C2(c3cc(OC)cc(OC)c3)C3=CC4=CC=CCC4=CC34C=CC2O4)c1. The normalized spacial score (nSPS) is 24.7. The van der Waals surface area contributed by atoms with Gasteiger partial charge in [-0.2, -0.15) is 0 Å². The lowest BCUT2D eigenvalue weighted by molar-refractivity contribution is 0.0661. The van der Waals surface area contributed by atoms with E-state index in [9.17, 15) is 0 Å². The highest BCUT2D eigenvalue weighted by atomic mass is 16.5. The Morgan fingerprint density at radius 3 is 1.91 bits per heavy atom. The van der Waals surface area contributed by atoms with E-state index in [0.717, 1.165) is 46.1 Å². The van der Waals surface area contributed by atoms with Gasteiger partial charge in [0.1, 0.15) is 28.6 Å². The maximum absolute atomic E-state index is 6.86. The van der Waals surface area contributed by atoms with Gasteiger partial charge in [0.2, 0.25) is 0 Å². The second-order valence-corrected chi connectivity index (χ2v) is 9.18. The van der Waals surface area contributed by atoms with Crippen LogP contribution in [0.15, 0.2) is 95.6 Å². The predicted molar refractivity (Wildman–Crippen MR) is 135 cm³/mol. The Kier molecular flexibility index (Phi) is 4.94. The van der Waals surface area contributed by atoms with Crippen molar-refractivity contribution >= 4 is 0 Å². The maximum Gasteiger partial charge on any atom is 0.129 e. The molecule has 6 rings (SSSR count). The van der Waals surface area contributed by atoms with Crippen molar-refractivity contribution in [1.82, 2.24) is 0 Å². The predicted octanol–water partition coefficient (Wildman–Crippen LogP) is 5.47. The lowest BCUT2D eigenvalue weighted by Crippen LogP contribution is -2.41. The molecule has 0 N–H and O–H groups in total. The molecule has 178 valence electrons. The van der Waals surface area contributed by atoms with Gasteiger partial charge in [0, 0.05) is 12.1 Å². The van der Waals surface area contributed by atoms with Crippen molar-refractivity contribution in [3.05, 3.63) is 107 Å². The summed E-state index contributed by atoms with van der Waals surface area (Å²) < 4.78 is 29.6. The van der Waals surface area contributed by atoms with Gasteiger partial charge in [-0.05, 0) is 70.7 Å². The summed E-state index contributed by atoms with van der Waals surface area (Å²) in [6.45, 7) is 0. The third-order valence-corrected chi connectivity index (χ3v) is 7.54. The average molecular weight is 469 g/mol. The van der Waals surface area contributed by atoms with Crippen LogP contribution in [0.4, 0.5) is 0 Å². The number of hydrogen-bond acceptors (Lipinski definition) is 5. The zero-order valence-corrected chi connectivity index (χ0v) is 20.3. The fourth-order valence-corrected chi connectivity index (χ4v) is 5.92. The molecule has 0 radical (unpaired) electrons. The molecule has 0 amide bonds. The molecule has 0 aromatic heterocycles. The number of allylic oxidation sites excluding steroid dienone is 6. The Labute approximate surface area is 205 Å². The van der Waals surface area contributed by atoms with Crippen molar-refractivity contribution in [2.24, 2.45) is 0 Å². The van der Waals surface area contributed by atoms with E-state index in [0.29, 0.717) is 0 Å². The summed E-state index contributed by atoms with van der Waals surface area (Å²) >= 11 is 0. The largest absolute Gasteiger partial charge is 0.497 e. The second kappa shape index (κ2) is 7.92. The fraction of sp³-hybridized carbons (Fsp3) is 0.267. The van der Waals surface area contributed by atoms with E-state index in [1.807, 2.05) is 12.1 Å². The minimum Gasteiger partial charge on any atom is -0.497 e. The molecule has 1 saturated heterocycles. The molecule has 5 nitrogen and oxygen atoms in total. The average Bonchev–Trinajstić information content (AvgIpc) is 3.45. The van der Waals surface area contributed by atoms with Crippen LogP contribution >= 0.6 is 0 Å². The van der Waals surface area contributed by atoms with Crippen LogP contribution in [0.2, 0.25) is 0 Å². The molecule has 2 heterocycles. The number of ether oxygens (including phenoxy) is 5. The number of hydrogen-bond donors (Lipinski definition) is 0. The van der Waals surface area contributed by atoms with Crippen molar-refractivity contribution in [2.75, 3.05) is 28.4 Å². The van der Waals surface area contributed by atoms with Crippen LogP contribution in [0.3, 0.4) is 0 Å². The molecule has 2 bridgehead atoms. The molecule has 1 spiro atoms. The van der Waals surface area contributed by atoms with Crippen molar-refractivity contribution in [1.29, 1.82) is 0 Å². The summed E-state index contributed by atoms with van der Waals surface area (Å²) in [7, 11) is 6.69. The van der Waals surface area contributed by atoms with E-state index in [-0.39, 0.29) is 6.10 Å². The van der Waals surface area contributed by atoms with Gasteiger partial charge < -0.3 is 23.7 Å². The topological polar surface area (TPSA) is 46.2 Å². The molecule has 0 saturated carbocycles. The van der Waals surface area contributed by atoms with E-state index in [2.05, 4.69) is 66.8 Å². The first-order valence-electron chi connectivity index (χ1n) is 11.7. The standard InChI is InChI=1S/C30H28O5/c1-31-23-12-21(13-24(16-23)32-2)30(22-14-25(33-3)17-26(15-22)34-4)27-11-19-7-5-6-8-20(19)18-29(27)10-9-28(30)35-29/h5-7,9-18,28H,8H2,1-4H3. The van der Waals surface area contributed by atoms with Crippen molar-refractivity contribution in [2.45, 2.75) is 23.5 Å². The van der Waals surface area contributed by atoms with Gasteiger partial charge >= 0.3 is 0 Å².